The molecule has 2 bridgehead atoms. The molecular weight excluding hydrogens is 186 g/mol. The molecule has 1 aliphatic heterocycles. The van der Waals surface area contributed by atoms with Gasteiger partial charge < -0.3 is 14.8 Å². The fourth-order valence-corrected chi connectivity index (χ4v) is 3.34. The van der Waals surface area contributed by atoms with Gasteiger partial charge in [-0.3, -0.25) is 10.0 Å². The summed E-state index contributed by atoms with van der Waals surface area (Å²) in [6, 6.07) is -0.0853. The zero-order chi connectivity index (χ0) is 9.87. The smallest absolute Gasteiger partial charge is 0.309 e. The highest BCUT2D eigenvalue weighted by Crippen LogP contribution is 2.56. The number of fused-ring (bicyclic) bond motifs is 5. The zero-order valence-corrected chi connectivity index (χ0v) is 7.88. The Balaban J connectivity index is 1.86. The molecule has 5 unspecified atom stereocenters. The van der Waals surface area contributed by atoms with Gasteiger partial charge in [-0.15, -0.1) is 0 Å². The van der Waals surface area contributed by atoms with Crippen LogP contribution in [-0.4, -0.2) is 30.5 Å². The number of esters is 1. The van der Waals surface area contributed by atoms with Crippen molar-refractivity contribution in [3.8, 4) is 0 Å². The summed E-state index contributed by atoms with van der Waals surface area (Å²) in [5.74, 6) is 0.0872. The molecule has 3 aliphatic rings. The minimum Gasteiger partial charge on any atom is -0.762 e. The lowest BCUT2D eigenvalue weighted by molar-refractivity contribution is -0.322. The van der Waals surface area contributed by atoms with E-state index in [0.717, 1.165) is 12.8 Å². The Hall–Kier alpha value is -0.650. The van der Waals surface area contributed by atoms with Gasteiger partial charge in [-0.2, -0.15) is 0 Å². The second-order valence-corrected chi connectivity index (χ2v) is 4.30. The van der Waals surface area contributed by atoms with Gasteiger partial charge in [0.2, 0.25) is 0 Å². The molecule has 0 N–H and O–H groups in total. The number of hydrogen-bond acceptors (Lipinski definition) is 5. The fraction of sp³-hybridized carbons (Fsp3) is 0.889. The van der Waals surface area contributed by atoms with Gasteiger partial charge in [-0.25, -0.2) is 0 Å². The Morgan fingerprint density at radius 3 is 2.79 bits per heavy atom. The molecule has 14 heavy (non-hydrogen) atoms. The molecule has 5 atom stereocenters. The lowest BCUT2D eigenvalue weighted by Gasteiger charge is -2.53. The van der Waals surface area contributed by atoms with Crippen molar-refractivity contribution in [3.63, 3.8) is 0 Å². The molecule has 1 heterocycles. The molecule has 0 aromatic carbocycles. The number of carbonyl (C=O) groups excluding carboxylic acids is 1. The van der Waals surface area contributed by atoms with Crippen molar-refractivity contribution in [1.82, 2.24) is 5.23 Å². The van der Waals surface area contributed by atoms with E-state index in [0.29, 0.717) is 5.23 Å². The van der Waals surface area contributed by atoms with Crippen molar-refractivity contribution < 1.29 is 14.4 Å². The van der Waals surface area contributed by atoms with Crippen LogP contribution >= 0.6 is 0 Å². The quantitative estimate of drug-likeness (QED) is 0.567. The first-order chi connectivity index (χ1) is 6.74. The topological polar surface area (TPSA) is 61.8 Å². The molecule has 2 saturated carbocycles. The van der Waals surface area contributed by atoms with E-state index in [9.17, 15) is 10.0 Å². The summed E-state index contributed by atoms with van der Waals surface area (Å²) >= 11 is 0. The molecule has 78 valence electrons. The van der Waals surface area contributed by atoms with Gasteiger partial charge in [0, 0.05) is 5.92 Å². The Morgan fingerprint density at radius 1 is 1.50 bits per heavy atom. The molecule has 2 aliphatic carbocycles. The van der Waals surface area contributed by atoms with E-state index in [-0.39, 0.29) is 35.9 Å². The van der Waals surface area contributed by atoms with Gasteiger partial charge in [-0.05, 0) is 18.8 Å². The van der Waals surface area contributed by atoms with E-state index in [1.807, 2.05) is 0 Å². The Labute approximate surface area is 81.5 Å². The molecule has 5 nitrogen and oxygen atoms in total. The van der Waals surface area contributed by atoms with Gasteiger partial charge >= 0.3 is 5.97 Å². The van der Waals surface area contributed by atoms with E-state index < -0.39 is 0 Å². The summed E-state index contributed by atoms with van der Waals surface area (Å²) in [5.41, 5.74) is 0. The molecule has 1 saturated heterocycles. The summed E-state index contributed by atoms with van der Waals surface area (Å²) in [4.78, 5) is 16.5. The number of carbonyl (C=O) groups is 1. The minimum atomic E-state index is -0.177. The number of ether oxygens (including phenoxy) is 1. The Kier molecular flexibility index (Phi) is 1.66. The SMILES string of the molecule is COC(=O)C1C2CCC1C1C2ON1[O-]. The standard InChI is InChI=1S/C9H12NO4/c1-13-9(11)6-4-2-3-5(6)8-7(4)10(12)14-8/h4-8H,2-3H2,1H3/q-1. The van der Waals surface area contributed by atoms with Crippen LogP contribution in [0.25, 0.3) is 0 Å². The predicted molar refractivity (Wildman–Crippen MR) is 45.6 cm³/mol. The Morgan fingerprint density at radius 2 is 2.21 bits per heavy atom. The van der Waals surface area contributed by atoms with Gasteiger partial charge in [0.15, 0.2) is 0 Å². The monoisotopic (exact) mass is 198 g/mol. The predicted octanol–water partition coefficient (Wildman–Crippen LogP) is 0.298. The summed E-state index contributed by atoms with van der Waals surface area (Å²) < 4.78 is 4.76. The first-order valence-corrected chi connectivity index (χ1v) is 4.95. The van der Waals surface area contributed by atoms with Crippen molar-refractivity contribution in [2.24, 2.45) is 17.8 Å². The third-order valence-electron chi connectivity index (χ3n) is 3.90. The lowest BCUT2D eigenvalue weighted by atomic mass is 9.91. The van der Waals surface area contributed by atoms with Crippen molar-refractivity contribution in [2.45, 2.75) is 25.0 Å². The molecule has 3 fully saturated rings. The highest BCUT2D eigenvalue weighted by molar-refractivity contribution is 5.74. The maximum atomic E-state index is 11.5. The maximum Gasteiger partial charge on any atom is 0.309 e. The molecule has 5 heteroatoms. The van der Waals surface area contributed by atoms with E-state index >= 15 is 0 Å². The van der Waals surface area contributed by atoms with Crippen LogP contribution in [0.1, 0.15) is 12.8 Å². The van der Waals surface area contributed by atoms with Crippen LogP contribution in [0.3, 0.4) is 0 Å². The Bertz CT molecular complexity index is 282. The van der Waals surface area contributed by atoms with Crippen LogP contribution < -0.4 is 0 Å². The van der Waals surface area contributed by atoms with Gasteiger partial charge in [0.25, 0.3) is 0 Å². The van der Waals surface area contributed by atoms with Crippen molar-refractivity contribution >= 4 is 5.97 Å². The number of hydroxylamine groups is 2. The largest absolute Gasteiger partial charge is 0.762 e. The number of methoxy groups -OCH3 is 1. The number of rotatable bonds is 1. The highest BCUT2D eigenvalue weighted by atomic mass is 16.9. The van der Waals surface area contributed by atoms with Crippen molar-refractivity contribution in [3.05, 3.63) is 5.21 Å². The van der Waals surface area contributed by atoms with Gasteiger partial charge in [-0.1, -0.05) is 0 Å². The van der Waals surface area contributed by atoms with Crippen molar-refractivity contribution in [1.29, 1.82) is 0 Å². The summed E-state index contributed by atoms with van der Waals surface area (Å²) in [6.07, 6.45) is 1.92. The average molecular weight is 198 g/mol. The van der Waals surface area contributed by atoms with E-state index in [1.165, 1.54) is 7.11 Å². The highest BCUT2D eigenvalue weighted by Gasteiger charge is 2.63. The average Bonchev–Trinajstić information content (AvgIpc) is 2.66. The second-order valence-electron chi connectivity index (χ2n) is 4.30. The first kappa shape index (κ1) is 8.64. The van der Waals surface area contributed by atoms with Crippen LogP contribution in [0.4, 0.5) is 0 Å². The first-order valence-electron chi connectivity index (χ1n) is 4.95. The molecule has 0 aromatic heterocycles. The number of nitrogens with zero attached hydrogens (tertiary/aromatic N) is 1. The summed E-state index contributed by atoms with van der Waals surface area (Å²) in [5, 5.41) is 11.8. The lowest BCUT2D eigenvalue weighted by Crippen LogP contribution is -2.57. The van der Waals surface area contributed by atoms with Gasteiger partial charge in [0.1, 0.15) is 0 Å². The molecule has 0 spiro atoms. The van der Waals surface area contributed by atoms with Crippen LogP contribution in [0.15, 0.2) is 0 Å². The zero-order valence-electron chi connectivity index (χ0n) is 7.88. The summed E-state index contributed by atoms with van der Waals surface area (Å²) in [7, 11) is 1.40. The maximum absolute atomic E-state index is 11.5. The van der Waals surface area contributed by atoms with Crippen LogP contribution in [0.5, 0.6) is 0 Å². The molecule has 3 rings (SSSR count). The summed E-state index contributed by atoms with van der Waals surface area (Å²) in [6.45, 7) is 0. The third kappa shape index (κ3) is 0.827. The van der Waals surface area contributed by atoms with E-state index in [1.54, 1.807) is 0 Å². The minimum absolute atomic E-state index is 0.0182. The normalized spacial score (nSPS) is 50.0. The fourth-order valence-electron chi connectivity index (χ4n) is 3.34. The molecule has 0 amide bonds. The number of hydrogen-bond donors (Lipinski definition) is 0. The van der Waals surface area contributed by atoms with Crippen molar-refractivity contribution in [2.75, 3.05) is 7.11 Å². The molecular formula is C9H12NO4-. The van der Waals surface area contributed by atoms with E-state index in [2.05, 4.69) is 0 Å². The van der Waals surface area contributed by atoms with Crippen LogP contribution in [0, 0.1) is 23.0 Å². The van der Waals surface area contributed by atoms with Crippen LogP contribution in [0.2, 0.25) is 0 Å². The van der Waals surface area contributed by atoms with Gasteiger partial charge in [0.05, 0.1) is 25.2 Å². The van der Waals surface area contributed by atoms with E-state index in [4.69, 9.17) is 9.57 Å². The van der Waals surface area contributed by atoms with Crippen LogP contribution in [-0.2, 0) is 14.4 Å². The molecule has 0 aromatic rings. The third-order valence-corrected chi connectivity index (χ3v) is 3.90. The molecule has 0 radical (unpaired) electrons. The second kappa shape index (κ2) is 2.68.